The minimum Gasteiger partial charge on any atom is -0.333 e. The number of benzene rings is 2. The van der Waals surface area contributed by atoms with Gasteiger partial charge in [-0.2, -0.15) is 0 Å². The summed E-state index contributed by atoms with van der Waals surface area (Å²) < 4.78 is 1.79. The van der Waals surface area contributed by atoms with Gasteiger partial charge in [0.2, 0.25) is 0 Å². The van der Waals surface area contributed by atoms with Crippen LogP contribution in [0.15, 0.2) is 67.3 Å². The van der Waals surface area contributed by atoms with Crippen molar-refractivity contribution in [3.8, 4) is 0 Å². The normalized spacial score (nSPS) is 11.8. The van der Waals surface area contributed by atoms with Crippen molar-refractivity contribution in [2.45, 2.75) is 6.54 Å². The fourth-order valence-corrected chi connectivity index (χ4v) is 2.72. The molecule has 0 bridgehead atoms. The zero-order chi connectivity index (χ0) is 18.5. The Labute approximate surface area is 159 Å². The summed E-state index contributed by atoms with van der Waals surface area (Å²) in [6, 6.07) is 13.7. The van der Waals surface area contributed by atoms with Gasteiger partial charge in [0.1, 0.15) is 5.76 Å². The van der Waals surface area contributed by atoms with Crippen LogP contribution in [0.3, 0.4) is 0 Å². The Bertz CT molecular complexity index is 921. The fourth-order valence-electron chi connectivity index (χ4n) is 2.47. The van der Waals surface area contributed by atoms with Crippen molar-refractivity contribution in [2.75, 3.05) is 0 Å². The Balaban J connectivity index is 2.18. The van der Waals surface area contributed by atoms with Gasteiger partial charge in [-0.3, -0.25) is 4.84 Å². The van der Waals surface area contributed by atoms with Gasteiger partial charge < -0.3 is 4.57 Å². The average Bonchev–Trinajstić information content (AvgIpc) is 3.13. The lowest BCUT2D eigenvalue weighted by Gasteiger charge is -2.15. The highest BCUT2D eigenvalue weighted by Crippen LogP contribution is 2.30. The monoisotopic (exact) mass is 389 g/mol. The van der Waals surface area contributed by atoms with E-state index in [4.69, 9.17) is 28.0 Å². The Morgan fingerprint density at radius 1 is 1.04 bits per heavy atom. The molecule has 26 heavy (non-hydrogen) atoms. The highest BCUT2D eigenvalue weighted by Gasteiger charge is 2.17. The van der Waals surface area contributed by atoms with Gasteiger partial charge in [-0.05, 0) is 29.8 Å². The van der Waals surface area contributed by atoms with Crippen LogP contribution in [0.25, 0.3) is 11.3 Å². The molecule has 8 heteroatoms. The van der Waals surface area contributed by atoms with Gasteiger partial charge in [-0.1, -0.05) is 47.5 Å². The number of hydrogen-bond acceptors (Lipinski definition) is 4. The lowest BCUT2D eigenvalue weighted by molar-refractivity contribution is -0.730. The van der Waals surface area contributed by atoms with Crippen molar-refractivity contribution >= 4 is 34.5 Å². The van der Waals surface area contributed by atoms with Gasteiger partial charge in [0.15, 0.2) is 0 Å². The van der Waals surface area contributed by atoms with E-state index in [1.165, 1.54) is 0 Å². The summed E-state index contributed by atoms with van der Waals surface area (Å²) >= 11 is 11.9. The molecule has 0 unspecified atom stereocenters. The summed E-state index contributed by atoms with van der Waals surface area (Å²) in [6.07, 6.45) is 5.03. The molecule has 0 amide bonds. The second kappa shape index (κ2) is 8.03. The lowest BCUT2D eigenvalue weighted by Crippen LogP contribution is -2.07. The molecule has 0 saturated carbocycles. The molecular weight excluding hydrogens is 377 g/mol. The summed E-state index contributed by atoms with van der Waals surface area (Å²) in [5.41, 5.74) is 1.89. The molecule has 0 fully saturated rings. The first kappa shape index (κ1) is 18.0. The first-order valence-electron chi connectivity index (χ1n) is 7.56. The lowest BCUT2D eigenvalue weighted by atomic mass is 10.0. The second-order valence-electron chi connectivity index (χ2n) is 5.37. The van der Waals surface area contributed by atoms with Crippen LogP contribution in [0, 0.1) is 10.1 Å². The van der Waals surface area contributed by atoms with E-state index < -0.39 is 5.09 Å². The van der Waals surface area contributed by atoms with Crippen molar-refractivity contribution in [2.24, 2.45) is 0 Å². The molecule has 1 heterocycles. The predicted octanol–water partition coefficient (Wildman–Crippen LogP) is 4.97. The van der Waals surface area contributed by atoms with Crippen LogP contribution in [0.1, 0.15) is 11.1 Å². The summed E-state index contributed by atoms with van der Waals surface area (Å²) in [6.45, 7) is 0.327. The summed E-state index contributed by atoms with van der Waals surface area (Å²) in [5.74, 6) is 0.127. The largest absolute Gasteiger partial charge is 0.333 e. The van der Waals surface area contributed by atoms with Crippen LogP contribution in [0.2, 0.25) is 10.0 Å². The van der Waals surface area contributed by atoms with Crippen LogP contribution >= 0.6 is 23.2 Å². The Kier molecular flexibility index (Phi) is 5.55. The Hall–Kier alpha value is -2.83. The van der Waals surface area contributed by atoms with E-state index in [0.29, 0.717) is 27.7 Å². The van der Waals surface area contributed by atoms with Crippen LogP contribution < -0.4 is 0 Å². The molecular formula is C18H13Cl2N3O3. The topological polar surface area (TPSA) is 70.2 Å². The SMILES string of the molecule is O=[N+]([O-])OC(=C(Cn1ccnc1)c1ccc(Cl)cc1)c1ccc(Cl)cc1. The molecule has 0 radical (unpaired) electrons. The van der Waals surface area contributed by atoms with E-state index in [9.17, 15) is 10.1 Å². The van der Waals surface area contributed by atoms with E-state index in [2.05, 4.69) is 4.98 Å². The van der Waals surface area contributed by atoms with Crippen molar-refractivity contribution < 1.29 is 9.92 Å². The number of allylic oxidation sites excluding steroid dienone is 1. The highest BCUT2D eigenvalue weighted by molar-refractivity contribution is 6.30. The molecule has 0 aliphatic carbocycles. The van der Waals surface area contributed by atoms with Crippen LogP contribution in [0.5, 0.6) is 0 Å². The quantitative estimate of drug-likeness (QED) is 0.258. The summed E-state index contributed by atoms with van der Waals surface area (Å²) in [5, 5.41) is 11.4. The van der Waals surface area contributed by atoms with Crippen LogP contribution in [0.4, 0.5) is 0 Å². The number of aromatic nitrogens is 2. The maximum Gasteiger partial charge on any atom is 0.299 e. The van der Waals surface area contributed by atoms with Crippen LogP contribution in [-0.4, -0.2) is 14.6 Å². The van der Waals surface area contributed by atoms with E-state index in [0.717, 1.165) is 5.56 Å². The molecule has 0 aliphatic rings. The number of imidazole rings is 1. The third-order valence-electron chi connectivity index (χ3n) is 3.64. The van der Waals surface area contributed by atoms with E-state index in [-0.39, 0.29) is 5.76 Å². The number of halogens is 2. The number of nitrogens with zero attached hydrogens (tertiary/aromatic N) is 3. The maximum absolute atomic E-state index is 11.1. The van der Waals surface area contributed by atoms with Crippen molar-refractivity contribution in [3.63, 3.8) is 0 Å². The Morgan fingerprint density at radius 2 is 1.62 bits per heavy atom. The van der Waals surface area contributed by atoms with Crippen molar-refractivity contribution in [3.05, 3.63) is 98.5 Å². The molecule has 0 spiro atoms. The summed E-state index contributed by atoms with van der Waals surface area (Å²) in [4.78, 5) is 20.1. The molecule has 0 saturated heterocycles. The predicted molar refractivity (Wildman–Crippen MR) is 100 cm³/mol. The minimum atomic E-state index is -0.826. The summed E-state index contributed by atoms with van der Waals surface area (Å²) in [7, 11) is 0. The van der Waals surface area contributed by atoms with Gasteiger partial charge in [0.05, 0.1) is 12.9 Å². The van der Waals surface area contributed by atoms with E-state index in [1.54, 1.807) is 71.8 Å². The first-order chi connectivity index (χ1) is 12.5. The molecule has 3 aromatic rings. The average molecular weight is 390 g/mol. The first-order valence-corrected chi connectivity index (χ1v) is 8.31. The third-order valence-corrected chi connectivity index (χ3v) is 4.14. The van der Waals surface area contributed by atoms with Gasteiger partial charge in [0.25, 0.3) is 5.09 Å². The van der Waals surface area contributed by atoms with Crippen molar-refractivity contribution in [1.29, 1.82) is 0 Å². The van der Waals surface area contributed by atoms with Crippen LogP contribution in [-0.2, 0) is 11.4 Å². The minimum absolute atomic E-state index is 0.127. The van der Waals surface area contributed by atoms with Gasteiger partial charge in [0, 0.05) is 33.6 Å². The smallest absolute Gasteiger partial charge is 0.299 e. The second-order valence-corrected chi connectivity index (χ2v) is 6.24. The van der Waals surface area contributed by atoms with Gasteiger partial charge >= 0.3 is 0 Å². The number of hydrogen-bond donors (Lipinski definition) is 0. The fraction of sp³-hybridized carbons (Fsp3) is 0.0556. The molecule has 2 aromatic carbocycles. The van der Waals surface area contributed by atoms with Gasteiger partial charge in [-0.15, -0.1) is 10.1 Å². The molecule has 1 aromatic heterocycles. The van der Waals surface area contributed by atoms with E-state index in [1.807, 2.05) is 0 Å². The van der Waals surface area contributed by atoms with Crippen molar-refractivity contribution in [1.82, 2.24) is 9.55 Å². The third kappa shape index (κ3) is 4.41. The molecule has 3 rings (SSSR count). The van der Waals surface area contributed by atoms with E-state index >= 15 is 0 Å². The zero-order valence-electron chi connectivity index (χ0n) is 13.4. The standard InChI is InChI=1S/C18H13Cl2N3O3/c19-15-5-1-13(2-6-15)17(11-22-10-9-21-12-22)18(26-23(24)25)14-3-7-16(20)8-4-14/h1-10,12H,11H2. The molecule has 0 aliphatic heterocycles. The Morgan fingerprint density at radius 3 is 2.12 bits per heavy atom. The zero-order valence-corrected chi connectivity index (χ0v) is 14.9. The molecule has 6 nitrogen and oxygen atoms in total. The number of rotatable bonds is 6. The maximum atomic E-state index is 11.1. The molecule has 0 N–H and O–H groups in total. The van der Waals surface area contributed by atoms with Gasteiger partial charge in [-0.25, -0.2) is 4.98 Å². The molecule has 132 valence electrons. The highest BCUT2D eigenvalue weighted by atomic mass is 35.5. The molecule has 0 atom stereocenters.